The number of carbonyl (C=O) groups is 1. The number of rotatable bonds is 4. The van der Waals surface area contributed by atoms with Gasteiger partial charge in [0.1, 0.15) is 5.82 Å². The molecular weight excluding hydrogens is 479 g/mol. The number of aromatic nitrogens is 2. The van der Waals surface area contributed by atoms with Crippen LogP contribution < -0.4 is 15.5 Å². The van der Waals surface area contributed by atoms with E-state index in [2.05, 4.69) is 43.5 Å². The zero-order valence-electron chi connectivity index (χ0n) is 21.0. The summed E-state index contributed by atoms with van der Waals surface area (Å²) in [5.74, 6) is -0.322. The number of piperazine rings is 1. The van der Waals surface area contributed by atoms with Crippen molar-refractivity contribution in [2.24, 2.45) is 0 Å². The van der Waals surface area contributed by atoms with Gasteiger partial charge in [-0.15, -0.1) is 0 Å². The number of halogens is 1. The second-order valence-electron chi connectivity index (χ2n) is 9.48. The lowest BCUT2D eigenvalue weighted by atomic mass is 10.0. The first-order chi connectivity index (χ1) is 18.6. The van der Waals surface area contributed by atoms with Crippen molar-refractivity contribution >= 4 is 44.9 Å². The smallest absolute Gasteiger partial charge is 0.323 e. The molecule has 0 aliphatic carbocycles. The lowest BCUT2D eigenvalue weighted by molar-refractivity contribution is 0.262. The molecule has 2 aromatic heterocycles. The SMILES string of the molecule is CN1CCN(c2cccc3ncc(NC(=O)Nc4ccnc5c(-c6ccccc6F)cccc45)cc23)CC1. The molecule has 0 atom stereocenters. The third-order valence-electron chi connectivity index (χ3n) is 6.99. The van der Waals surface area contributed by atoms with Crippen LogP contribution in [-0.2, 0) is 0 Å². The zero-order valence-corrected chi connectivity index (χ0v) is 21.0. The van der Waals surface area contributed by atoms with Crippen molar-refractivity contribution < 1.29 is 9.18 Å². The standard InChI is InChI=1S/C30H27FN6O/c1-36-14-16-37(17-15-36)28-11-5-10-26-24(28)18-20(19-33-26)34-30(38)35-27-12-13-32-29-22(7-4-8-23(27)29)21-6-2-3-9-25(21)31/h2-13,18-19H,14-17H2,1H3,(H2,32,34,35,38). The number of likely N-dealkylation sites (N-methyl/N-ethyl adjacent to an activating group) is 1. The molecule has 5 aromatic rings. The molecule has 7 nitrogen and oxygen atoms in total. The second kappa shape index (κ2) is 10.1. The Labute approximate surface area is 219 Å². The topological polar surface area (TPSA) is 73.4 Å². The van der Waals surface area contributed by atoms with Gasteiger partial charge in [0.15, 0.2) is 0 Å². The van der Waals surface area contributed by atoms with Gasteiger partial charge in [0.05, 0.1) is 28.6 Å². The van der Waals surface area contributed by atoms with Gasteiger partial charge in [-0.1, -0.05) is 42.5 Å². The van der Waals surface area contributed by atoms with Gasteiger partial charge in [-0.2, -0.15) is 0 Å². The Balaban J connectivity index is 1.27. The maximum absolute atomic E-state index is 14.5. The van der Waals surface area contributed by atoms with Gasteiger partial charge < -0.3 is 20.4 Å². The van der Waals surface area contributed by atoms with E-state index in [4.69, 9.17) is 0 Å². The van der Waals surface area contributed by atoms with Crippen molar-refractivity contribution in [3.8, 4) is 11.1 Å². The minimum absolute atomic E-state index is 0.322. The summed E-state index contributed by atoms with van der Waals surface area (Å²) in [6.45, 7) is 3.89. The Morgan fingerprint density at radius 1 is 0.842 bits per heavy atom. The zero-order chi connectivity index (χ0) is 26.1. The highest BCUT2D eigenvalue weighted by Gasteiger charge is 2.17. The Morgan fingerprint density at radius 2 is 1.63 bits per heavy atom. The van der Waals surface area contributed by atoms with Crippen LogP contribution in [0.15, 0.2) is 85.2 Å². The number of hydrogen-bond donors (Lipinski definition) is 2. The third-order valence-corrected chi connectivity index (χ3v) is 6.99. The molecule has 0 bridgehead atoms. The monoisotopic (exact) mass is 506 g/mol. The maximum atomic E-state index is 14.5. The van der Waals surface area contributed by atoms with E-state index < -0.39 is 6.03 Å². The summed E-state index contributed by atoms with van der Waals surface area (Å²) in [7, 11) is 2.13. The molecule has 0 unspecified atom stereocenters. The van der Waals surface area contributed by atoms with Crippen molar-refractivity contribution in [1.29, 1.82) is 0 Å². The van der Waals surface area contributed by atoms with Crippen LogP contribution in [0, 0.1) is 5.82 Å². The minimum Gasteiger partial charge on any atom is -0.368 e. The summed E-state index contributed by atoms with van der Waals surface area (Å²) >= 11 is 0. The van der Waals surface area contributed by atoms with Gasteiger partial charge in [0.2, 0.25) is 0 Å². The van der Waals surface area contributed by atoms with Crippen LogP contribution >= 0.6 is 0 Å². The van der Waals surface area contributed by atoms with Crippen molar-refractivity contribution in [2.75, 3.05) is 48.8 Å². The molecule has 2 N–H and O–H groups in total. The number of benzene rings is 3. The summed E-state index contributed by atoms with van der Waals surface area (Å²) in [5.41, 5.74) is 4.92. The molecule has 1 saturated heterocycles. The fourth-order valence-corrected chi connectivity index (χ4v) is 4.99. The summed E-state index contributed by atoms with van der Waals surface area (Å²) in [6, 6.07) is 21.5. The van der Waals surface area contributed by atoms with Crippen molar-refractivity contribution in [2.45, 2.75) is 0 Å². The number of fused-ring (bicyclic) bond motifs is 2. The lowest BCUT2D eigenvalue weighted by Gasteiger charge is -2.34. The van der Waals surface area contributed by atoms with E-state index in [1.54, 1.807) is 36.7 Å². The molecule has 0 radical (unpaired) electrons. The Morgan fingerprint density at radius 3 is 2.47 bits per heavy atom. The molecule has 6 rings (SSSR count). The number of hydrogen-bond acceptors (Lipinski definition) is 5. The number of para-hydroxylation sites is 1. The Bertz CT molecular complexity index is 1650. The summed E-state index contributed by atoms with van der Waals surface area (Å²) in [4.78, 5) is 26.8. The van der Waals surface area contributed by atoms with Gasteiger partial charge in [-0.25, -0.2) is 9.18 Å². The van der Waals surface area contributed by atoms with Crippen LogP contribution in [0.3, 0.4) is 0 Å². The number of anilines is 3. The number of pyridine rings is 2. The van der Waals surface area contributed by atoms with Crippen LogP contribution in [0.25, 0.3) is 32.9 Å². The van der Waals surface area contributed by atoms with Gasteiger partial charge in [-0.05, 0) is 37.4 Å². The predicted octanol–water partition coefficient (Wildman–Crippen LogP) is 5.98. The van der Waals surface area contributed by atoms with Crippen LogP contribution in [0.5, 0.6) is 0 Å². The maximum Gasteiger partial charge on any atom is 0.323 e. The van der Waals surface area contributed by atoms with Crippen molar-refractivity contribution in [1.82, 2.24) is 14.9 Å². The fourth-order valence-electron chi connectivity index (χ4n) is 4.99. The van der Waals surface area contributed by atoms with Crippen LogP contribution in [-0.4, -0.2) is 54.1 Å². The fraction of sp³-hybridized carbons (Fsp3) is 0.167. The normalized spacial score (nSPS) is 14.1. The van der Waals surface area contributed by atoms with Crippen LogP contribution in [0.2, 0.25) is 0 Å². The molecule has 1 fully saturated rings. The van der Waals surface area contributed by atoms with E-state index in [-0.39, 0.29) is 5.82 Å². The molecule has 2 amide bonds. The number of carbonyl (C=O) groups excluding carboxylic acids is 1. The molecule has 3 heterocycles. The lowest BCUT2D eigenvalue weighted by Crippen LogP contribution is -2.44. The molecule has 38 heavy (non-hydrogen) atoms. The molecule has 190 valence electrons. The number of urea groups is 1. The molecule has 1 aliphatic heterocycles. The van der Waals surface area contributed by atoms with E-state index in [0.29, 0.717) is 28.0 Å². The first kappa shape index (κ1) is 23.8. The highest BCUT2D eigenvalue weighted by atomic mass is 19.1. The van der Waals surface area contributed by atoms with Gasteiger partial charge in [0, 0.05) is 60.0 Å². The quantitative estimate of drug-likeness (QED) is 0.314. The van der Waals surface area contributed by atoms with E-state index in [1.807, 2.05) is 36.4 Å². The molecular formula is C30H27FN6O. The van der Waals surface area contributed by atoms with Crippen LogP contribution in [0.1, 0.15) is 0 Å². The Kier molecular flexibility index (Phi) is 6.31. The molecule has 0 saturated carbocycles. The molecule has 0 spiro atoms. The average Bonchev–Trinajstić information content (AvgIpc) is 2.93. The molecule has 1 aliphatic rings. The minimum atomic E-state index is -0.396. The van der Waals surface area contributed by atoms with E-state index in [9.17, 15) is 9.18 Å². The molecule has 8 heteroatoms. The van der Waals surface area contributed by atoms with E-state index >= 15 is 0 Å². The number of nitrogens with one attached hydrogen (secondary N) is 2. The predicted molar refractivity (Wildman–Crippen MR) is 151 cm³/mol. The second-order valence-corrected chi connectivity index (χ2v) is 9.48. The third kappa shape index (κ3) is 4.62. The van der Waals surface area contributed by atoms with Crippen LogP contribution in [0.4, 0.5) is 26.2 Å². The van der Waals surface area contributed by atoms with Gasteiger partial charge in [0.25, 0.3) is 0 Å². The largest absolute Gasteiger partial charge is 0.368 e. The first-order valence-corrected chi connectivity index (χ1v) is 12.6. The average molecular weight is 507 g/mol. The highest BCUT2D eigenvalue weighted by Crippen LogP contribution is 2.33. The summed E-state index contributed by atoms with van der Waals surface area (Å²) < 4.78 is 14.5. The Hall–Kier alpha value is -4.56. The molecule has 3 aromatic carbocycles. The van der Waals surface area contributed by atoms with E-state index in [0.717, 1.165) is 48.2 Å². The summed E-state index contributed by atoms with van der Waals surface area (Å²) in [5, 5.41) is 7.57. The number of nitrogens with zero attached hydrogens (tertiary/aromatic N) is 4. The van der Waals surface area contributed by atoms with Gasteiger partial charge >= 0.3 is 6.03 Å². The highest BCUT2D eigenvalue weighted by molar-refractivity contribution is 6.08. The number of amides is 2. The first-order valence-electron chi connectivity index (χ1n) is 12.6. The van der Waals surface area contributed by atoms with Crippen molar-refractivity contribution in [3.63, 3.8) is 0 Å². The van der Waals surface area contributed by atoms with Gasteiger partial charge in [-0.3, -0.25) is 9.97 Å². The van der Waals surface area contributed by atoms with E-state index in [1.165, 1.54) is 6.07 Å². The summed E-state index contributed by atoms with van der Waals surface area (Å²) in [6.07, 6.45) is 3.28. The van der Waals surface area contributed by atoms with Crippen molar-refractivity contribution in [3.05, 3.63) is 91.0 Å².